The predicted molar refractivity (Wildman–Crippen MR) is 76.2 cm³/mol. The van der Waals surface area contributed by atoms with Crippen molar-refractivity contribution in [1.29, 1.82) is 0 Å². The Balaban J connectivity index is 2.07. The molecule has 2 atom stereocenters. The van der Waals surface area contributed by atoms with E-state index in [0.29, 0.717) is 24.1 Å². The molecule has 0 bridgehead atoms. The van der Waals surface area contributed by atoms with Crippen molar-refractivity contribution in [3.63, 3.8) is 0 Å². The number of halogens is 1. The predicted octanol–water partition coefficient (Wildman–Crippen LogP) is 3.53. The molecule has 1 aromatic carbocycles. The lowest BCUT2D eigenvalue weighted by molar-refractivity contribution is 0.0696. The van der Waals surface area contributed by atoms with E-state index in [9.17, 15) is 9.18 Å². The van der Waals surface area contributed by atoms with Gasteiger partial charge in [-0.25, -0.2) is 9.18 Å². The first-order valence-corrected chi connectivity index (χ1v) is 7.21. The average molecular weight is 279 g/mol. The number of carboxylic acid groups (broad SMARTS) is 1. The van der Waals surface area contributed by atoms with Gasteiger partial charge in [-0.15, -0.1) is 0 Å². The maximum absolute atomic E-state index is 13.9. The molecule has 3 nitrogen and oxygen atoms in total. The minimum absolute atomic E-state index is 0.0000579. The Morgan fingerprint density at radius 1 is 1.40 bits per heavy atom. The van der Waals surface area contributed by atoms with Gasteiger partial charge in [-0.3, -0.25) is 4.90 Å². The first-order chi connectivity index (χ1) is 9.49. The third-order valence-corrected chi connectivity index (χ3v) is 4.35. The monoisotopic (exact) mass is 279 g/mol. The molecule has 0 heterocycles. The summed E-state index contributed by atoms with van der Waals surface area (Å²) in [5.41, 5.74) is 0.565. The number of hydrogen-bond acceptors (Lipinski definition) is 2. The Hall–Kier alpha value is -1.42. The highest BCUT2D eigenvalue weighted by molar-refractivity contribution is 5.87. The summed E-state index contributed by atoms with van der Waals surface area (Å²) in [4.78, 5) is 13.0. The maximum atomic E-state index is 13.9. The van der Waals surface area contributed by atoms with E-state index in [-0.39, 0.29) is 5.56 Å². The second-order valence-corrected chi connectivity index (χ2v) is 5.86. The summed E-state index contributed by atoms with van der Waals surface area (Å²) in [6.45, 7) is 2.78. The molecule has 2 rings (SSSR count). The SMILES string of the molecule is CC1CCCCC1N(C)Cc1ccc(C(=O)O)cc1F. The molecule has 20 heavy (non-hydrogen) atoms. The first kappa shape index (κ1) is 15.0. The molecule has 2 unspecified atom stereocenters. The van der Waals surface area contributed by atoms with Crippen molar-refractivity contribution in [2.45, 2.75) is 45.2 Å². The van der Waals surface area contributed by atoms with E-state index >= 15 is 0 Å². The van der Waals surface area contributed by atoms with Crippen molar-refractivity contribution >= 4 is 5.97 Å². The molecule has 0 saturated heterocycles. The van der Waals surface area contributed by atoms with Crippen LogP contribution in [0.4, 0.5) is 4.39 Å². The number of carboxylic acids is 1. The summed E-state index contributed by atoms with van der Waals surface area (Å²) in [6, 6.07) is 4.65. The van der Waals surface area contributed by atoms with E-state index in [0.717, 1.165) is 12.5 Å². The second kappa shape index (κ2) is 6.35. The van der Waals surface area contributed by atoms with Crippen molar-refractivity contribution < 1.29 is 14.3 Å². The van der Waals surface area contributed by atoms with Crippen LogP contribution in [-0.2, 0) is 6.54 Å². The number of benzene rings is 1. The van der Waals surface area contributed by atoms with Gasteiger partial charge >= 0.3 is 5.97 Å². The van der Waals surface area contributed by atoms with Gasteiger partial charge in [0.2, 0.25) is 0 Å². The quantitative estimate of drug-likeness (QED) is 0.916. The average Bonchev–Trinajstić information content (AvgIpc) is 2.41. The highest BCUT2D eigenvalue weighted by Gasteiger charge is 2.25. The van der Waals surface area contributed by atoms with Gasteiger partial charge in [0.1, 0.15) is 5.82 Å². The molecule has 1 aliphatic carbocycles. The zero-order valence-electron chi connectivity index (χ0n) is 12.1. The fourth-order valence-corrected chi connectivity index (χ4v) is 3.15. The molecule has 0 spiro atoms. The Morgan fingerprint density at radius 2 is 2.10 bits per heavy atom. The third kappa shape index (κ3) is 3.37. The molecular weight excluding hydrogens is 257 g/mol. The molecule has 1 fully saturated rings. The van der Waals surface area contributed by atoms with E-state index in [4.69, 9.17) is 5.11 Å². The molecule has 0 radical (unpaired) electrons. The van der Waals surface area contributed by atoms with Gasteiger partial charge in [-0.2, -0.15) is 0 Å². The molecule has 1 N–H and O–H groups in total. The molecule has 1 saturated carbocycles. The Kier molecular flexibility index (Phi) is 4.76. The minimum Gasteiger partial charge on any atom is -0.478 e. The van der Waals surface area contributed by atoms with Crippen LogP contribution in [0.1, 0.15) is 48.5 Å². The summed E-state index contributed by atoms with van der Waals surface area (Å²) in [5, 5.41) is 8.84. The van der Waals surface area contributed by atoms with Crippen molar-refractivity contribution in [2.24, 2.45) is 5.92 Å². The fraction of sp³-hybridized carbons (Fsp3) is 0.562. The minimum atomic E-state index is -1.09. The highest BCUT2D eigenvalue weighted by Crippen LogP contribution is 2.28. The zero-order valence-corrected chi connectivity index (χ0v) is 12.1. The molecule has 110 valence electrons. The largest absolute Gasteiger partial charge is 0.478 e. The van der Waals surface area contributed by atoms with E-state index in [1.54, 1.807) is 6.07 Å². The molecule has 0 aliphatic heterocycles. The third-order valence-electron chi connectivity index (χ3n) is 4.35. The second-order valence-electron chi connectivity index (χ2n) is 5.86. The topological polar surface area (TPSA) is 40.5 Å². The molecule has 0 aromatic heterocycles. The molecule has 0 amide bonds. The molecular formula is C16H22FNO2. The van der Waals surface area contributed by atoms with Crippen molar-refractivity contribution in [3.8, 4) is 0 Å². The van der Waals surface area contributed by atoms with Gasteiger partial charge in [0.15, 0.2) is 0 Å². The number of carbonyl (C=O) groups is 1. The van der Waals surface area contributed by atoms with Gasteiger partial charge < -0.3 is 5.11 Å². The number of nitrogens with zero attached hydrogens (tertiary/aromatic N) is 1. The van der Waals surface area contributed by atoms with Crippen LogP contribution in [0.15, 0.2) is 18.2 Å². The maximum Gasteiger partial charge on any atom is 0.335 e. The Bertz CT molecular complexity index is 489. The van der Waals surface area contributed by atoms with E-state index in [2.05, 4.69) is 11.8 Å². The smallest absolute Gasteiger partial charge is 0.335 e. The lowest BCUT2D eigenvalue weighted by Crippen LogP contribution is -2.38. The van der Waals surface area contributed by atoms with Gasteiger partial charge in [-0.1, -0.05) is 25.8 Å². The van der Waals surface area contributed by atoms with Crippen molar-refractivity contribution in [3.05, 3.63) is 35.1 Å². The highest BCUT2D eigenvalue weighted by atomic mass is 19.1. The van der Waals surface area contributed by atoms with Gasteiger partial charge in [-0.05, 0) is 37.9 Å². The Labute approximate surface area is 119 Å². The molecule has 1 aliphatic rings. The van der Waals surface area contributed by atoms with Crippen LogP contribution in [0.2, 0.25) is 0 Å². The van der Waals surface area contributed by atoms with Gasteiger partial charge in [0, 0.05) is 18.2 Å². The van der Waals surface area contributed by atoms with Crippen LogP contribution in [0.25, 0.3) is 0 Å². The van der Waals surface area contributed by atoms with Crippen LogP contribution in [-0.4, -0.2) is 29.1 Å². The number of hydrogen-bond donors (Lipinski definition) is 1. The van der Waals surface area contributed by atoms with Crippen molar-refractivity contribution in [2.75, 3.05) is 7.05 Å². The summed E-state index contributed by atoms with van der Waals surface area (Å²) in [6.07, 6.45) is 4.91. The van der Waals surface area contributed by atoms with Crippen LogP contribution in [0.3, 0.4) is 0 Å². The number of aromatic carboxylic acids is 1. The fourth-order valence-electron chi connectivity index (χ4n) is 3.15. The van der Waals surface area contributed by atoms with Crippen LogP contribution < -0.4 is 0 Å². The van der Waals surface area contributed by atoms with Crippen molar-refractivity contribution in [1.82, 2.24) is 4.90 Å². The van der Waals surface area contributed by atoms with Crippen LogP contribution in [0, 0.1) is 11.7 Å². The lowest BCUT2D eigenvalue weighted by Gasteiger charge is -2.36. The molecule has 1 aromatic rings. The van der Waals surface area contributed by atoms with Crippen LogP contribution >= 0.6 is 0 Å². The lowest BCUT2D eigenvalue weighted by atomic mass is 9.85. The zero-order chi connectivity index (χ0) is 14.7. The first-order valence-electron chi connectivity index (χ1n) is 7.21. The molecule has 4 heteroatoms. The summed E-state index contributed by atoms with van der Waals surface area (Å²) < 4.78 is 13.9. The van der Waals surface area contributed by atoms with E-state index in [1.165, 1.54) is 25.3 Å². The van der Waals surface area contributed by atoms with Gasteiger partial charge in [0.05, 0.1) is 5.56 Å². The van der Waals surface area contributed by atoms with Gasteiger partial charge in [0.25, 0.3) is 0 Å². The number of rotatable bonds is 4. The van der Waals surface area contributed by atoms with Crippen LogP contribution in [0.5, 0.6) is 0 Å². The summed E-state index contributed by atoms with van der Waals surface area (Å²) in [7, 11) is 2.02. The van der Waals surface area contributed by atoms with E-state index in [1.807, 2.05) is 7.05 Å². The standard InChI is InChI=1S/C16H22FNO2/c1-11-5-3-4-6-15(11)18(2)10-13-8-7-12(16(19)20)9-14(13)17/h7-9,11,15H,3-6,10H2,1-2H3,(H,19,20). The normalized spacial score (nSPS) is 23.0. The Morgan fingerprint density at radius 3 is 2.70 bits per heavy atom. The summed E-state index contributed by atoms with van der Waals surface area (Å²) >= 11 is 0. The summed E-state index contributed by atoms with van der Waals surface area (Å²) in [5.74, 6) is -0.889. The van der Waals surface area contributed by atoms with E-state index < -0.39 is 11.8 Å².